The van der Waals surface area contributed by atoms with Crippen LogP contribution in [-0.2, 0) is 13.0 Å². The summed E-state index contributed by atoms with van der Waals surface area (Å²) >= 11 is 0. The van der Waals surface area contributed by atoms with Gasteiger partial charge in [0.2, 0.25) is 0 Å². The highest BCUT2D eigenvalue weighted by Gasteiger charge is 2.21. The molecule has 1 aliphatic heterocycles. The van der Waals surface area contributed by atoms with Crippen molar-refractivity contribution in [3.05, 3.63) is 65.7 Å². The van der Waals surface area contributed by atoms with Crippen LogP contribution in [0.25, 0.3) is 22.0 Å². The molecule has 0 spiro atoms. The SMILES string of the molecule is CCN(CC)CCNc1ccc2c(c1)CN(c1ncnc3c(C)cc(-c4cn[nH]c4)cc13)CC2. The molecule has 2 aromatic carbocycles. The van der Waals surface area contributed by atoms with Crippen molar-refractivity contribution < 1.29 is 0 Å². The molecule has 5 rings (SSSR count). The number of nitrogens with one attached hydrogen (secondary N) is 2. The van der Waals surface area contributed by atoms with E-state index in [1.165, 1.54) is 16.8 Å². The lowest BCUT2D eigenvalue weighted by Gasteiger charge is -2.31. The predicted molar refractivity (Wildman–Crippen MR) is 139 cm³/mol. The number of anilines is 2. The summed E-state index contributed by atoms with van der Waals surface area (Å²) in [6.45, 7) is 12.5. The van der Waals surface area contributed by atoms with Crippen molar-refractivity contribution in [1.82, 2.24) is 25.1 Å². The third-order valence-corrected chi connectivity index (χ3v) is 6.91. The summed E-state index contributed by atoms with van der Waals surface area (Å²) in [6.07, 6.45) is 6.50. The molecule has 1 aliphatic rings. The number of likely N-dealkylation sites (N-methyl/N-ethyl adjacent to an activating group) is 1. The summed E-state index contributed by atoms with van der Waals surface area (Å²) in [7, 11) is 0. The molecule has 0 saturated heterocycles. The predicted octanol–water partition coefficient (Wildman–Crippen LogP) is 4.64. The zero-order valence-corrected chi connectivity index (χ0v) is 20.3. The van der Waals surface area contributed by atoms with Crippen LogP contribution in [0.4, 0.5) is 11.5 Å². The Balaban J connectivity index is 1.40. The molecular weight excluding hydrogens is 422 g/mol. The molecule has 34 heavy (non-hydrogen) atoms. The largest absolute Gasteiger partial charge is 0.384 e. The fourth-order valence-electron chi connectivity index (χ4n) is 4.91. The van der Waals surface area contributed by atoms with Crippen LogP contribution in [0.15, 0.2) is 49.1 Å². The minimum atomic E-state index is 0.849. The van der Waals surface area contributed by atoms with Crippen molar-refractivity contribution in [2.45, 2.75) is 33.7 Å². The van der Waals surface area contributed by atoms with Gasteiger partial charge in [-0.1, -0.05) is 19.9 Å². The van der Waals surface area contributed by atoms with E-state index in [4.69, 9.17) is 4.98 Å². The van der Waals surface area contributed by atoms with E-state index in [0.29, 0.717) is 0 Å². The van der Waals surface area contributed by atoms with Crippen molar-refractivity contribution >= 4 is 22.4 Å². The quantitative estimate of drug-likeness (QED) is 0.403. The molecule has 0 fully saturated rings. The molecule has 0 bridgehead atoms. The zero-order valence-electron chi connectivity index (χ0n) is 20.3. The number of H-pyrrole nitrogens is 1. The van der Waals surface area contributed by atoms with E-state index in [9.17, 15) is 0 Å². The lowest BCUT2D eigenvalue weighted by Crippen LogP contribution is -2.31. The van der Waals surface area contributed by atoms with E-state index in [1.807, 2.05) is 12.4 Å². The Morgan fingerprint density at radius 3 is 2.74 bits per heavy atom. The topological polar surface area (TPSA) is 73.0 Å². The maximum atomic E-state index is 4.75. The summed E-state index contributed by atoms with van der Waals surface area (Å²) in [5.41, 5.74) is 8.35. The molecule has 176 valence electrons. The average Bonchev–Trinajstić information content (AvgIpc) is 3.41. The molecule has 7 nitrogen and oxygen atoms in total. The molecule has 0 amide bonds. The smallest absolute Gasteiger partial charge is 0.140 e. The summed E-state index contributed by atoms with van der Waals surface area (Å²) in [5.74, 6) is 1.00. The van der Waals surface area contributed by atoms with Crippen LogP contribution in [0.1, 0.15) is 30.5 Å². The van der Waals surface area contributed by atoms with Crippen molar-refractivity contribution in [2.24, 2.45) is 0 Å². The Labute approximate surface area is 201 Å². The van der Waals surface area contributed by atoms with Gasteiger partial charge in [-0.2, -0.15) is 5.10 Å². The van der Waals surface area contributed by atoms with E-state index < -0.39 is 0 Å². The van der Waals surface area contributed by atoms with Crippen molar-refractivity contribution in [2.75, 3.05) is 42.9 Å². The first-order chi connectivity index (χ1) is 16.7. The molecule has 0 saturated carbocycles. The second-order valence-electron chi connectivity index (χ2n) is 8.98. The molecule has 7 heteroatoms. The van der Waals surface area contributed by atoms with Crippen LogP contribution in [0.2, 0.25) is 0 Å². The number of aryl methyl sites for hydroxylation is 1. The van der Waals surface area contributed by atoms with Gasteiger partial charge in [-0.25, -0.2) is 9.97 Å². The van der Waals surface area contributed by atoms with Crippen molar-refractivity contribution in [3.63, 3.8) is 0 Å². The first-order valence-corrected chi connectivity index (χ1v) is 12.2. The monoisotopic (exact) mass is 455 g/mol. The van der Waals surface area contributed by atoms with Gasteiger partial charge < -0.3 is 15.1 Å². The lowest BCUT2D eigenvalue weighted by molar-refractivity contribution is 0.316. The number of benzene rings is 2. The second kappa shape index (κ2) is 9.81. The van der Waals surface area contributed by atoms with Crippen LogP contribution in [0, 0.1) is 6.92 Å². The van der Waals surface area contributed by atoms with Crippen LogP contribution in [0.5, 0.6) is 0 Å². The van der Waals surface area contributed by atoms with E-state index in [2.05, 4.69) is 81.4 Å². The molecule has 0 aliphatic carbocycles. The van der Waals surface area contributed by atoms with E-state index in [-0.39, 0.29) is 0 Å². The van der Waals surface area contributed by atoms with Gasteiger partial charge in [-0.3, -0.25) is 5.10 Å². The maximum Gasteiger partial charge on any atom is 0.140 e. The summed E-state index contributed by atoms with van der Waals surface area (Å²) in [6, 6.07) is 11.2. The number of hydrogen-bond donors (Lipinski definition) is 2. The Hall–Kier alpha value is -3.45. The molecular formula is C27H33N7. The second-order valence-corrected chi connectivity index (χ2v) is 8.98. The normalized spacial score (nSPS) is 13.5. The number of aromatic amines is 1. The summed E-state index contributed by atoms with van der Waals surface area (Å²) < 4.78 is 0. The molecule has 0 atom stereocenters. The minimum absolute atomic E-state index is 0.849. The first kappa shape index (κ1) is 22.3. The molecule has 0 unspecified atom stereocenters. The van der Waals surface area contributed by atoms with Gasteiger partial charge in [0.05, 0.1) is 11.7 Å². The average molecular weight is 456 g/mol. The standard InChI is InChI=1S/C27H33N7/c1-4-33(5-2)11-9-28-24-7-6-20-8-10-34(17-22(20)13-24)27-25-14-21(23-15-31-32-16-23)12-19(3)26(25)29-18-30-27/h6-7,12-16,18,28H,4-5,8-11,17H2,1-3H3,(H,31,32). The number of rotatable bonds is 8. The van der Waals surface area contributed by atoms with E-state index >= 15 is 0 Å². The highest BCUT2D eigenvalue weighted by Crippen LogP contribution is 2.33. The molecule has 2 aromatic heterocycles. The first-order valence-electron chi connectivity index (χ1n) is 12.2. The Bertz CT molecular complexity index is 1260. The highest BCUT2D eigenvalue weighted by atomic mass is 15.2. The van der Waals surface area contributed by atoms with Gasteiger partial charge in [0, 0.05) is 49.0 Å². The zero-order chi connectivity index (χ0) is 23.5. The third kappa shape index (κ3) is 4.48. The van der Waals surface area contributed by atoms with Gasteiger partial charge in [-0.15, -0.1) is 0 Å². The number of fused-ring (bicyclic) bond motifs is 2. The van der Waals surface area contributed by atoms with Crippen LogP contribution >= 0.6 is 0 Å². The number of aromatic nitrogens is 4. The van der Waals surface area contributed by atoms with E-state index in [1.54, 1.807) is 6.33 Å². The van der Waals surface area contributed by atoms with Gasteiger partial charge in [0.1, 0.15) is 12.1 Å². The molecule has 2 N–H and O–H groups in total. The lowest BCUT2D eigenvalue weighted by atomic mass is 9.98. The van der Waals surface area contributed by atoms with Crippen LogP contribution < -0.4 is 10.2 Å². The fraction of sp³-hybridized carbons (Fsp3) is 0.370. The fourth-order valence-corrected chi connectivity index (χ4v) is 4.91. The van der Waals surface area contributed by atoms with Crippen LogP contribution in [0.3, 0.4) is 0 Å². The maximum absolute atomic E-state index is 4.75. The van der Waals surface area contributed by atoms with E-state index in [0.717, 1.165) is 79.1 Å². The van der Waals surface area contributed by atoms with Gasteiger partial charge in [0.25, 0.3) is 0 Å². The summed E-state index contributed by atoms with van der Waals surface area (Å²) in [4.78, 5) is 14.2. The van der Waals surface area contributed by atoms with Crippen molar-refractivity contribution in [3.8, 4) is 11.1 Å². The number of hydrogen-bond acceptors (Lipinski definition) is 6. The van der Waals surface area contributed by atoms with Gasteiger partial charge >= 0.3 is 0 Å². The molecule has 0 radical (unpaired) electrons. The number of nitrogens with zero attached hydrogens (tertiary/aromatic N) is 5. The minimum Gasteiger partial charge on any atom is -0.384 e. The Kier molecular flexibility index (Phi) is 6.45. The summed E-state index contributed by atoms with van der Waals surface area (Å²) in [5, 5.41) is 11.7. The van der Waals surface area contributed by atoms with Crippen molar-refractivity contribution in [1.29, 1.82) is 0 Å². The molecule has 4 aromatic rings. The van der Waals surface area contributed by atoms with Gasteiger partial charge in [-0.05, 0) is 73.0 Å². The van der Waals surface area contributed by atoms with Gasteiger partial charge in [0.15, 0.2) is 0 Å². The Morgan fingerprint density at radius 2 is 1.94 bits per heavy atom. The Morgan fingerprint density at radius 1 is 1.06 bits per heavy atom. The van der Waals surface area contributed by atoms with Crippen LogP contribution in [-0.4, -0.2) is 57.8 Å². The highest BCUT2D eigenvalue weighted by molar-refractivity contribution is 5.95. The third-order valence-electron chi connectivity index (χ3n) is 6.91. The molecule has 3 heterocycles.